The molecule has 16 heavy (non-hydrogen) atoms. The molecule has 0 saturated heterocycles. The predicted molar refractivity (Wildman–Crippen MR) is 61.0 cm³/mol. The van der Waals surface area contributed by atoms with Crippen molar-refractivity contribution in [1.29, 1.82) is 0 Å². The number of hydrogen-bond donors (Lipinski definition) is 1. The van der Waals surface area contributed by atoms with Crippen LogP contribution in [0.3, 0.4) is 0 Å². The third-order valence-corrected chi connectivity index (χ3v) is 3.27. The maximum Gasteiger partial charge on any atom is 0.168 e. The molecule has 2 rings (SSSR count). The second-order valence-corrected chi connectivity index (χ2v) is 4.24. The number of methoxy groups -OCH3 is 1. The van der Waals surface area contributed by atoms with Crippen molar-refractivity contribution >= 4 is 11.6 Å². The average Bonchev–Trinajstić information content (AvgIpc) is 2.16. The van der Waals surface area contributed by atoms with E-state index in [0.717, 1.165) is 24.8 Å². The summed E-state index contributed by atoms with van der Waals surface area (Å²) in [6.07, 6.45) is 4.74. The fourth-order valence-electron chi connectivity index (χ4n) is 2.05. The Labute approximate surface area is 94.8 Å². The Morgan fingerprint density at radius 3 is 2.88 bits per heavy atom. The molecular weight excluding hydrogens is 204 g/mol. The molecule has 0 atom stereocenters. The molecule has 2 N–H and O–H groups in total. The van der Waals surface area contributed by atoms with E-state index in [-0.39, 0.29) is 5.78 Å². The van der Waals surface area contributed by atoms with Crippen LogP contribution in [0.1, 0.15) is 24.8 Å². The molecule has 1 saturated carbocycles. The maximum absolute atomic E-state index is 12.1. The predicted octanol–water partition coefficient (Wildman–Crippen LogP) is 1.34. The second kappa shape index (κ2) is 4.22. The zero-order valence-electron chi connectivity index (χ0n) is 9.40. The number of ketones is 1. The monoisotopic (exact) mass is 220 g/mol. The number of pyridine rings is 1. The highest BCUT2D eigenvalue weighted by atomic mass is 16.5. The molecule has 4 heteroatoms. The molecule has 1 aromatic heterocycles. The van der Waals surface area contributed by atoms with Gasteiger partial charge in [0.15, 0.2) is 5.78 Å². The Morgan fingerprint density at radius 1 is 1.62 bits per heavy atom. The van der Waals surface area contributed by atoms with Crippen LogP contribution in [0.25, 0.3) is 0 Å². The third kappa shape index (κ3) is 1.93. The smallest absolute Gasteiger partial charge is 0.168 e. The van der Waals surface area contributed by atoms with Crippen molar-refractivity contribution < 1.29 is 9.53 Å². The van der Waals surface area contributed by atoms with Crippen LogP contribution in [-0.2, 0) is 16.0 Å². The molecule has 0 amide bonds. The Kier molecular flexibility index (Phi) is 2.92. The van der Waals surface area contributed by atoms with Crippen molar-refractivity contribution in [3.05, 3.63) is 23.9 Å². The van der Waals surface area contributed by atoms with E-state index in [2.05, 4.69) is 4.98 Å². The second-order valence-electron chi connectivity index (χ2n) is 4.24. The molecule has 0 unspecified atom stereocenters. The number of nitrogens with zero attached hydrogens (tertiary/aromatic N) is 1. The van der Waals surface area contributed by atoms with E-state index in [1.807, 2.05) is 6.07 Å². The molecular formula is C12H16N2O2. The molecule has 1 aromatic rings. The number of Topliss-reactive ketones (excluding diaryl/α,β-unsaturated/α-hetero) is 1. The van der Waals surface area contributed by atoms with Gasteiger partial charge in [-0.2, -0.15) is 0 Å². The highest BCUT2D eigenvalue weighted by Crippen LogP contribution is 2.36. The van der Waals surface area contributed by atoms with Crippen molar-refractivity contribution in [2.45, 2.75) is 31.3 Å². The molecule has 1 aliphatic carbocycles. The van der Waals surface area contributed by atoms with Gasteiger partial charge in [-0.15, -0.1) is 0 Å². The molecule has 0 aliphatic heterocycles. The minimum atomic E-state index is -0.530. The van der Waals surface area contributed by atoms with E-state index < -0.39 is 5.60 Å². The average molecular weight is 220 g/mol. The van der Waals surface area contributed by atoms with Gasteiger partial charge in [0.25, 0.3) is 0 Å². The van der Waals surface area contributed by atoms with Crippen LogP contribution in [0.5, 0.6) is 0 Å². The van der Waals surface area contributed by atoms with Crippen LogP contribution in [0.4, 0.5) is 5.82 Å². The van der Waals surface area contributed by atoms with Gasteiger partial charge in [0.1, 0.15) is 11.4 Å². The molecule has 86 valence electrons. The largest absolute Gasteiger partial charge is 0.384 e. The quantitative estimate of drug-likeness (QED) is 0.831. The first-order valence-corrected chi connectivity index (χ1v) is 5.45. The van der Waals surface area contributed by atoms with Gasteiger partial charge >= 0.3 is 0 Å². The highest BCUT2D eigenvalue weighted by molar-refractivity contribution is 5.90. The summed E-state index contributed by atoms with van der Waals surface area (Å²) >= 11 is 0. The van der Waals surface area contributed by atoms with E-state index in [1.54, 1.807) is 19.4 Å². The van der Waals surface area contributed by atoms with Crippen molar-refractivity contribution in [1.82, 2.24) is 4.98 Å². The molecule has 1 fully saturated rings. The van der Waals surface area contributed by atoms with Gasteiger partial charge in [-0.05, 0) is 37.0 Å². The highest BCUT2D eigenvalue weighted by Gasteiger charge is 2.43. The molecule has 1 heterocycles. The number of nitrogens with two attached hydrogens (primary N) is 1. The van der Waals surface area contributed by atoms with Gasteiger partial charge in [0.2, 0.25) is 0 Å². The van der Waals surface area contributed by atoms with Gasteiger partial charge in [-0.1, -0.05) is 0 Å². The SMILES string of the molecule is COC1(C(=O)Cc2ccnc(N)c2)CCC1. The first-order valence-electron chi connectivity index (χ1n) is 5.45. The zero-order valence-corrected chi connectivity index (χ0v) is 9.40. The Morgan fingerprint density at radius 2 is 2.38 bits per heavy atom. The fraction of sp³-hybridized carbons (Fsp3) is 0.500. The first kappa shape index (κ1) is 11.1. The van der Waals surface area contributed by atoms with Crippen LogP contribution >= 0.6 is 0 Å². The fourth-order valence-corrected chi connectivity index (χ4v) is 2.05. The molecule has 4 nitrogen and oxygen atoms in total. The van der Waals surface area contributed by atoms with E-state index in [1.165, 1.54) is 0 Å². The summed E-state index contributed by atoms with van der Waals surface area (Å²) in [5.41, 5.74) is 5.94. The molecule has 0 spiro atoms. The Balaban J connectivity index is 2.07. The molecule has 0 bridgehead atoms. The standard InChI is InChI=1S/C12H16N2O2/c1-16-12(4-2-5-12)10(15)7-9-3-6-14-11(13)8-9/h3,6,8H,2,4-5,7H2,1H3,(H2,13,14). The number of carbonyl (C=O) groups is 1. The lowest BCUT2D eigenvalue weighted by Gasteiger charge is -2.38. The number of ether oxygens (including phenoxy) is 1. The van der Waals surface area contributed by atoms with E-state index in [0.29, 0.717) is 12.2 Å². The summed E-state index contributed by atoms with van der Waals surface area (Å²) in [7, 11) is 1.61. The zero-order chi connectivity index (χ0) is 11.6. The minimum Gasteiger partial charge on any atom is -0.384 e. The molecule has 1 aliphatic rings. The van der Waals surface area contributed by atoms with Gasteiger partial charge in [-0.3, -0.25) is 4.79 Å². The van der Waals surface area contributed by atoms with Crippen LogP contribution in [0, 0.1) is 0 Å². The number of aromatic nitrogens is 1. The number of carbonyl (C=O) groups excluding carboxylic acids is 1. The first-order chi connectivity index (χ1) is 7.66. The summed E-state index contributed by atoms with van der Waals surface area (Å²) in [5, 5.41) is 0. The maximum atomic E-state index is 12.1. The third-order valence-electron chi connectivity index (χ3n) is 3.27. The van der Waals surface area contributed by atoms with Crippen LogP contribution in [-0.4, -0.2) is 23.5 Å². The van der Waals surface area contributed by atoms with E-state index in [9.17, 15) is 4.79 Å². The lowest BCUT2D eigenvalue weighted by Crippen LogP contribution is -2.47. The van der Waals surface area contributed by atoms with Crippen molar-refractivity contribution in [2.75, 3.05) is 12.8 Å². The van der Waals surface area contributed by atoms with Crippen LogP contribution in [0.2, 0.25) is 0 Å². The van der Waals surface area contributed by atoms with Crippen molar-refractivity contribution in [2.24, 2.45) is 0 Å². The number of anilines is 1. The summed E-state index contributed by atoms with van der Waals surface area (Å²) < 4.78 is 5.34. The normalized spacial score (nSPS) is 17.8. The summed E-state index contributed by atoms with van der Waals surface area (Å²) in [4.78, 5) is 16.0. The Bertz CT molecular complexity index is 394. The van der Waals surface area contributed by atoms with Crippen molar-refractivity contribution in [3.8, 4) is 0 Å². The topological polar surface area (TPSA) is 65.2 Å². The van der Waals surface area contributed by atoms with Crippen molar-refractivity contribution in [3.63, 3.8) is 0 Å². The van der Waals surface area contributed by atoms with Crippen LogP contribution in [0.15, 0.2) is 18.3 Å². The molecule has 0 radical (unpaired) electrons. The lowest BCUT2D eigenvalue weighted by atomic mass is 9.75. The summed E-state index contributed by atoms with van der Waals surface area (Å²) in [6.45, 7) is 0. The minimum absolute atomic E-state index is 0.145. The number of nitrogen functional groups attached to an aromatic ring is 1. The van der Waals surface area contributed by atoms with Gasteiger partial charge in [-0.25, -0.2) is 4.98 Å². The molecule has 0 aromatic carbocycles. The number of hydrogen-bond acceptors (Lipinski definition) is 4. The summed E-state index contributed by atoms with van der Waals surface area (Å²) in [6, 6.07) is 3.55. The van der Waals surface area contributed by atoms with Gasteiger partial charge in [0.05, 0.1) is 0 Å². The number of rotatable bonds is 4. The lowest BCUT2D eigenvalue weighted by molar-refractivity contribution is -0.151. The summed E-state index contributed by atoms with van der Waals surface area (Å²) in [5.74, 6) is 0.595. The Hall–Kier alpha value is -1.42. The van der Waals surface area contributed by atoms with Crippen LogP contribution < -0.4 is 5.73 Å². The van der Waals surface area contributed by atoms with Gasteiger partial charge in [0, 0.05) is 19.7 Å². The van der Waals surface area contributed by atoms with Gasteiger partial charge < -0.3 is 10.5 Å². The van der Waals surface area contributed by atoms with E-state index in [4.69, 9.17) is 10.5 Å². The van der Waals surface area contributed by atoms with E-state index >= 15 is 0 Å².